The van der Waals surface area contributed by atoms with E-state index in [1.54, 1.807) is 43.7 Å². The Bertz CT molecular complexity index is 1290. The first-order chi connectivity index (χ1) is 16.1. The maximum absolute atomic E-state index is 13.0. The Morgan fingerprint density at radius 1 is 1.15 bits per heavy atom. The lowest BCUT2D eigenvalue weighted by molar-refractivity contribution is 0.0948. The molecule has 5 rings (SSSR count). The molecule has 0 unspecified atom stereocenters. The third-order valence-electron chi connectivity index (χ3n) is 5.50. The Morgan fingerprint density at radius 2 is 2.00 bits per heavy atom. The van der Waals surface area contributed by atoms with Gasteiger partial charge in [-0.1, -0.05) is 5.16 Å². The van der Waals surface area contributed by atoms with Crippen LogP contribution in [0.2, 0.25) is 0 Å². The van der Waals surface area contributed by atoms with Gasteiger partial charge in [-0.3, -0.25) is 9.59 Å². The van der Waals surface area contributed by atoms with Crippen LogP contribution < -0.4 is 15.4 Å². The number of carbonyl (C=O) groups excluding carboxylic acids is 2. The Morgan fingerprint density at radius 3 is 2.76 bits per heavy atom. The van der Waals surface area contributed by atoms with Gasteiger partial charge in [0.15, 0.2) is 11.5 Å². The van der Waals surface area contributed by atoms with E-state index < -0.39 is 5.91 Å². The lowest BCUT2D eigenvalue weighted by Gasteiger charge is -2.08. The number of hydrogen-bond acceptors (Lipinski definition) is 7. The molecule has 1 aliphatic rings. The van der Waals surface area contributed by atoms with Crippen LogP contribution in [0.15, 0.2) is 57.7 Å². The van der Waals surface area contributed by atoms with Crippen LogP contribution in [-0.4, -0.2) is 24.1 Å². The van der Waals surface area contributed by atoms with Gasteiger partial charge in [-0.2, -0.15) is 0 Å². The van der Waals surface area contributed by atoms with E-state index in [9.17, 15) is 9.59 Å². The zero-order chi connectivity index (χ0) is 22.8. The average Bonchev–Trinajstić information content (AvgIpc) is 3.62. The number of methoxy groups -OCH3 is 1. The number of thiophene rings is 1. The summed E-state index contributed by atoms with van der Waals surface area (Å²) >= 11 is 1.44. The molecule has 4 aromatic rings. The van der Waals surface area contributed by atoms with Crippen LogP contribution in [-0.2, 0) is 19.4 Å². The van der Waals surface area contributed by atoms with Gasteiger partial charge in [0, 0.05) is 16.5 Å². The van der Waals surface area contributed by atoms with Crippen molar-refractivity contribution >= 4 is 28.2 Å². The Balaban J connectivity index is 1.34. The average molecular weight is 464 g/mol. The highest BCUT2D eigenvalue weighted by atomic mass is 32.1. The normalized spacial score (nSPS) is 12.4. The number of hydrogen-bond donors (Lipinski definition) is 2. The highest BCUT2D eigenvalue weighted by Crippen LogP contribution is 2.39. The molecular formula is C24H21N3O5S. The molecule has 168 valence electrons. The van der Waals surface area contributed by atoms with Crippen LogP contribution in [0.5, 0.6) is 5.75 Å². The van der Waals surface area contributed by atoms with E-state index >= 15 is 0 Å². The van der Waals surface area contributed by atoms with Gasteiger partial charge in [-0.15, -0.1) is 11.3 Å². The van der Waals surface area contributed by atoms with Gasteiger partial charge in [0.05, 0.1) is 25.5 Å². The second kappa shape index (κ2) is 8.95. The third kappa shape index (κ3) is 4.27. The molecule has 9 heteroatoms. The molecule has 0 spiro atoms. The molecule has 0 atom stereocenters. The van der Waals surface area contributed by atoms with E-state index in [0.717, 1.165) is 41.0 Å². The zero-order valence-electron chi connectivity index (χ0n) is 17.8. The molecule has 0 saturated heterocycles. The predicted molar refractivity (Wildman–Crippen MR) is 123 cm³/mol. The van der Waals surface area contributed by atoms with Gasteiger partial charge in [0.25, 0.3) is 11.8 Å². The number of aromatic nitrogens is 1. The van der Waals surface area contributed by atoms with E-state index in [1.807, 2.05) is 12.1 Å². The largest absolute Gasteiger partial charge is 0.497 e. The number of furan rings is 1. The van der Waals surface area contributed by atoms with Gasteiger partial charge in [0.1, 0.15) is 16.5 Å². The summed E-state index contributed by atoms with van der Waals surface area (Å²) < 4.78 is 15.8. The summed E-state index contributed by atoms with van der Waals surface area (Å²) in [6.45, 7) is 0.276. The number of aryl methyl sites for hydroxylation is 1. The molecule has 0 fully saturated rings. The minimum atomic E-state index is -0.432. The molecule has 2 N–H and O–H groups in total. The molecule has 0 radical (unpaired) electrons. The lowest BCUT2D eigenvalue weighted by atomic mass is 10.1. The molecule has 8 nitrogen and oxygen atoms in total. The minimum Gasteiger partial charge on any atom is -0.497 e. The van der Waals surface area contributed by atoms with Crippen LogP contribution in [0, 0.1) is 0 Å². The van der Waals surface area contributed by atoms with Gasteiger partial charge < -0.3 is 24.3 Å². The number of benzene rings is 1. The SMILES string of the molecule is COc1ccc(-c2cc(C(=O)Nc3sc4c(c3C(=O)NCc3ccco3)CCC4)no2)cc1. The van der Waals surface area contributed by atoms with Crippen molar-refractivity contribution in [2.24, 2.45) is 0 Å². The molecule has 33 heavy (non-hydrogen) atoms. The smallest absolute Gasteiger partial charge is 0.278 e. The first kappa shape index (κ1) is 21.0. The van der Waals surface area contributed by atoms with Crippen molar-refractivity contribution < 1.29 is 23.3 Å². The molecule has 3 aromatic heterocycles. The second-order valence-electron chi connectivity index (χ2n) is 7.58. The van der Waals surface area contributed by atoms with Gasteiger partial charge in [-0.05, 0) is 61.2 Å². The number of fused-ring (bicyclic) bond motifs is 1. The minimum absolute atomic E-state index is 0.135. The van der Waals surface area contributed by atoms with Crippen molar-refractivity contribution in [2.45, 2.75) is 25.8 Å². The summed E-state index contributed by atoms with van der Waals surface area (Å²) in [5.74, 6) is 1.18. The first-order valence-corrected chi connectivity index (χ1v) is 11.3. The van der Waals surface area contributed by atoms with E-state index in [4.69, 9.17) is 13.7 Å². The Labute approximate surface area is 193 Å². The fraction of sp³-hybridized carbons (Fsp3) is 0.208. The Kier molecular flexibility index (Phi) is 5.70. The summed E-state index contributed by atoms with van der Waals surface area (Å²) in [4.78, 5) is 27.0. The number of nitrogens with zero attached hydrogens (tertiary/aromatic N) is 1. The molecule has 1 aliphatic carbocycles. The van der Waals surface area contributed by atoms with Crippen molar-refractivity contribution in [3.05, 3.63) is 76.2 Å². The molecule has 0 saturated carbocycles. The summed E-state index contributed by atoms with van der Waals surface area (Å²) in [6.07, 6.45) is 4.28. The van der Waals surface area contributed by atoms with E-state index in [0.29, 0.717) is 22.1 Å². The maximum atomic E-state index is 13.0. The van der Waals surface area contributed by atoms with Gasteiger partial charge in [-0.25, -0.2) is 0 Å². The number of ether oxygens (including phenoxy) is 1. The molecular weight excluding hydrogens is 442 g/mol. The first-order valence-electron chi connectivity index (χ1n) is 10.5. The van der Waals surface area contributed by atoms with E-state index in [-0.39, 0.29) is 18.1 Å². The monoisotopic (exact) mass is 463 g/mol. The number of rotatable bonds is 7. The van der Waals surface area contributed by atoms with Gasteiger partial charge in [0.2, 0.25) is 0 Å². The summed E-state index contributed by atoms with van der Waals surface area (Å²) in [7, 11) is 1.60. The maximum Gasteiger partial charge on any atom is 0.278 e. The number of anilines is 1. The molecule has 3 heterocycles. The summed E-state index contributed by atoms with van der Waals surface area (Å²) in [5.41, 5.74) is 2.43. The fourth-order valence-electron chi connectivity index (χ4n) is 3.84. The van der Waals surface area contributed by atoms with Crippen LogP contribution in [0.25, 0.3) is 11.3 Å². The fourth-order valence-corrected chi connectivity index (χ4v) is 5.12. The van der Waals surface area contributed by atoms with Crippen molar-refractivity contribution in [3.8, 4) is 17.1 Å². The van der Waals surface area contributed by atoms with Crippen molar-refractivity contribution in [1.82, 2.24) is 10.5 Å². The Hall–Kier alpha value is -3.85. The standard InChI is InChI=1S/C24H21N3O5S/c1-30-15-9-7-14(8-10-15)19-12-18(27-32-19)22(28)26-24-21(17-5-2-6-20(17)33-24)23(29)25-13-16-4-3-11-31-16/h3-4,7-12H,2,5-6,13H2,1H3,(H,25,29)(H,26,28). The summed E-state index contributed by atoms with van der Waals surface area (Å²) in [6, 6.07) is 12.4. The second-order valence-corrected chi connectivity index (χ2v) is 8.69. The topological polar surface area (TPSA) is 107 Å². The van der Waals surface area contributed by atoms with Gasteiger partial charge >= 0.3 is 0 Å². The van der Waals surface area contributed by atoms with Crippen LogP contribution in [0.4, 0.5) is 5.00 Å². The number of nitrogens with one attached hydrogen (secondary N) is 2. The molecule has 1 aromatic carbocycles. The molecule has 0 aliphatic heterocycles. The van der Waals surface area contributed by atoms with Crippen LogP contribution in [0.3, 0.4) is 0 Å². The molecule has 0 bridgehead atoms. The highest BCUT2D eigenvalue weighted by molar-refractivity contribution is 7.17. The van der Waals surface area contributed by atoms with E-state index in [2.05, 4.69) is 15.8 Å². The number of carbonyl (C=O) groups is 2. The predicted octanol–water partition coefficient (Wildman–Crippen LogP) is 4.68. The third-order valence-corrected chi connectivity index (χ3v) is 6.70. The lowest BCUT2D eigenvalue weighted by Crippen LogP contribution is -2.25. The van der Waals surface area contributed by atoms with Crippen LogP contribution >= 0.6 is 11.3 Å². The quantitative estimate of drug-likeness (QED) is 0.412. The van der Waals surface area contributed by atoms with Crippen LogP contribution in [0.1, 0.15) is 43.5 Å². The highest BCUT2D eigenvalue weighted by Gasteiger charge is 2.28. The zero-order valence-corrected chi connectivity index (χ0v) is 18.7. The van der Waals surface area contributed by atoms with Crippen molar-refractivity contribution in [2.75, 3.05) is 12.4 Å². The number of amides is 2. The molecule has 2 amide bonds. The summed E-state index contributed by atoms with van der Waals surface area (Å²) in [5, 5.41) is 10.2. The van der Waals surface area contributed by atoms with Crippen molar-refractivity contribution in [3.63, 3.8) is 0 Å². The van der Waals surface area contributed by atoms with Crippen molar-refractivity contribution in [1.29, 1.82) is 0 Å². The van der Waals surface area contributed by atoms with E-state index in [1.165, 1.54) is 11.3 Å².